The molecular weight excluding hydrogens is 978 g/mol. The van der Waals surface area contributed by atoms with Crippen LogP contribution < -0.4 is 0 Å². The van der Waals surface area contributed by atoms with Gasteiger partial charge in [-0.05, 0) is 0 Å². The predicted octanol–water partition coefficient (Wildman–Crippen LogP) is -5.85. The second-order valence-corrected chi connectivity index (χ2v) is 5.54. The molecule has 0 rings (SSSR count). The third-order valence-corrected chi connectivity index (χ3v) is 0. The van der Waals surface area contributed by atoms with Crippen molar-refractivity contribution in [3.63, 3.8) is 0 Å². The topological polar surface area (TPSA) is 367 Å². The van der Waals surface area contributed by atoms with Crippen molar-refractivity contribution >= 4 is 52.4 Å². The Hall–Kier alpha value is -0.617. The van der Waals surface area contributed by atoms with Gasteiger partial charge in [-0.1, -0.05) is 0 Å². The van der Waals surface area contributed by atoms with Gasteiger partial charge in [-0.3, -0.25) is 0 Å². The van der Waals surface area contributed by atoms with Crippen molar-refractivity contribution in [3.8, 4) is 0 Å². The third kappa shape index (κ3) is 50100. The van der Waals surface area contributed by atoms with Gasteiger partial charge in [0.2, 0.25) is 0 Å². The molecule has 0 heterocycles. The Morgan fingerprint density at radius 1 is 0.367 bits per heavy atom. The third-order valence-electron chi connectivity index (χ3n) is 0. The Balaban J connectivity index is -0.0000000125. The molecule has 0 saturated heterocycles. The second kappa shape index (κ2) is 70.4. The molecule has 0 aromatic rings. The first-order valence-electron chi connectivity index (χ1n) is 3.44. The zero-order chi connectivity index (χ0) is 25.5. The number of hydrogen-bond acceptors (Lipinski definition) is 12. The van der Waals surface area contributed by atoms with Crippen molar-refractivity contribution in [2.24, 2.45) is 0 Å². The van der Waals surface area contributed by atoms with Crippen molar-refractivity contribution in [2.45, 2.75) is 0 Å². The molecule has 0 aliphatic carbocycles. The van der Waals surface area contributed by atoms with Gasteiger partial charge in [-0.25, -0.2) is 0 Å². The second-order valence-electron chi connectivity index (χ2n) is 1.34. The predicted molar refractivity (Wildman–Crippen MR) is 67.1 cm³/mol. The molecule has 0 amide bonds. The summed E-state index contributed by atoms with van der Waals surface area (Å²) in [5, 5.41) is 37.5. The van der Waals surface area contributed by atoms with E-state index < -0.39 is 40.8 Å². The number of hydrogen-bond donors (Lipinski definition) is 6. The van der Waals surface area contributed by atoms with E-state index in [-0.39, 0.29) is 69.5 Å². The molecule has 0 fully saturated rings. The fraction of sp³-hybridized carbons (Fsp3) is 0. The fourth-order valence-corrected chi connectivity index (χ4v) is 0. The molecular formula is C6H12Bi2Cr3FeN6O12. The van der Waals surface area contributed by atoms with Crippen LogP contribution in [0, 0.1) is 71.0 Å². The van der Waals surface area contributed by atoms with Crippen LogP contribution in [0.15, 0.2) is 0 Å². The molecule has 6 N–H and O–H groups in total. The zero-order valence-electron chi connectivity index (χ0n) is 13.8. The summed E-state index contributed by atoms with van der Waals surface area (Å²) in [7, 11) is 0. The first kappa shape index (κ1) is 78.3. The fourth-order valence-electron chi connectivity index (χ4n) is 0. The summed E-state index contributed by atoms with van der Waals surface area (Å²) in [5.74, 6) is 0. The number of rotatable bonds is 0. The molecule has 0 radical (unpaired) electrons. The Morgan fingerprint density at radius 3 is 0.367 bits per heavy atom. The SMILES string of the molecule is [BiH3].[BiH3].[C-]#N.[C-]#N.[C-]#N.[C-]#N.[C-]#N.[C-]#N.[Fe+6].[O]=[Cr](=[O])([OH])[OH].[O]=[Cr](=[O])([OH])[OH].[O]=[Cr](=[O])([OH])[OH]. The van der Waals surface area contributed by atoms with Crippen LogP contribution in [0.1, 0.15) is 0 Å². The first-order valence-corrected chi connectivity index (χ1v) is 9.98. The van der Waals surface area contributed by atoms with Crippen molar-refractivity contribution in [2.75, 3.05) is 0 Å². The Morgan fingerprint density at radius 2 is 0.367 bits per heavy atom. The van der Waals surface area contributed by atoms with Gasteiger partial charge in [-0.2, -0.15) is 0 Å². The van der Waals surface area contributed by atoms with Gasteiger partial charge < -0.3 is 71.0 Å². The molecule has 0 bridgehead atoms. The summed E-state index contributed by atoms with van der Waals surface area (Å²) in [6.45, 7) is 28.5. The Kier molecular flexibility index (Phi) is 184. The summed E-state index contributed by atoms with van der Waals surface area (Å²) in [4.78, 5) is 0. The maximum atomic E-state index is 8.82. The summed E-state index contributed by atoms with van der Waals surface area (Å²) < 4.78 is 95.6. The van der Waals surface area contributed by atoms with Crippen LogP contribution in [0.4, 0.5) is 0 Å². The van der Waals surface area contributed by atoms with E-state index in [2.05, 4.69) is 0 Å². The first-order chi connectivity index (χ1) is 12.0. The van der Waals surface area contributed by atoms with Crippen LogP contribution in [0.2, 0.25) is 0 Å². The summed E-state index contributed by atoms with van der Waals surface area (Å²) in [5.41, 5.74) is 0. The Bertz CT molecular complexity index is 571. The molecule has 0 aromatic carbocycles. The summed E-state index contributed by atoms with van der Waals surface area (Å²) in [6, 6.07) is 0. The molecule has 0 saturated carbocycles. The van der Waals surface area contributed by atoms with Crippen LogP contribution in [0.3, 0.4) is 0 Å². The van der Waals surface area contributed by atoms with Crippen LogP contribution in [0.25, 0.3) is 0 Å². The molecule has 18 nitrogen and oxygen atoms in total. The van der Waals surface area contributed by atoms with E-state index in [1.54, 1.807) is 0 Å². The Labute approximate surface area is 226 Å². The van der Waals surface area contributed by atoms with Gasteiger partial charge in [0.25, 0.3) is 0 Å². The molecule has 0 atom stereocenters. The average molecular weight is 990 g/mol. The molecule has 0 spiro atoms. The van der Waals surface area contributed by atoms with E-state index in [0.717, 1.165) is 0 Å². The van der Waals surface area contributed by atoms with Crippen LogP contribution in [0.5, 0.6) is 0 Å². The van der Waals surface area contributed by atoms with E-state index >= 15 is 0 Å². The average Bonchev–Trinajstić information content (AvgIpc) is 2.54. The van der Waals surface area contributed by atoms with Crippen LogP contribution in [-0.4, -0.2) is 77.4 Å². The van der Waals surface area contributed by atoms with Crippen molar-refractivity contribution in [1.29, 1.82) is 31.6 Å². The van der Waals surface area contributed by atoms with Gasteiger partial charge in [0.15, 0.2) is 0 Å². The van der Waals surface area contributed by atoms with E-state index in [0.29, 0.717) is 0 Å². The van der Waals surface area contributed by atoms with Crippen molar-refractivity contribution in [3.05, 3.63) is 39.4 Å². The summed E-state index contributed by atoms with van der Waals surface area (Å²) in [6.07, 6.45) is 0. The van der Waals surface area contributed by atoms with Gasteiger partial charge in [-0.15, -0.1) is 0 Å². The van der Waals surface area contributed by atoms with E-state index in [1.165, 1.54) is 0 Å². The van der Waals surface area contributed by atoms with Crippen molar-refractivity contribution in [1.82, 2.24) is 0 Å². The standard InChI is InChI=1S/6CN.2Bi.3Cr.Fe.6H2O.6O.6H/c6*1-2;;;;;;;;;;;;;;;;;;;;;;;;/h;;;;;;;;;;;;6*1H2;;;;;;;;;;;;/q6*-1;;;3*+2;+6;;;;;;;;;;;;;;;;;;/p-6. The van der Waals surface area contributed by atoms with Crippen LogP contribution >= 0.6 is 0 Å². The number of nitrogens with zero attached hydrogens (tertiary/aromatic N) is 6. The van der Waals surface area contributed by atoms with Crippen LogP contribution in [-0.2, 0) is 80.7 Å². The normalized spacial score (nSPS) is 6.20. The van der Waals surface area contributed by atoms with Gasteiger partial charge in [0, 0.05) is 0 Å². The molecule has 0 aromatic heterocycles. The van der Waals surface area contributed by atoms with E-state index in [1.807, 2.05) is 0 Å². The molecule has 0 unspecified atom stereocenters. The van der Waals surface area contributed by atoms with Gasteiger partial charge in [0.05, 0.1) is 0 Å². The quantitative estimate of drug-likeness (QED) is 0.0972. The molecule has 0 aliphatic heterocycles. The molecule has 174 valence electrons. The summed E-state index contributed by atoms with van der Waals surface area (Å²) >= 11 is -15.8. The van der Waals surface area contributed by atoms with Gasteiger partial charge >= 0.3 is 158 Å². The molecule has 24 heteroatoms. The maximum absolute atomic E-state index is 8.82. The minimum atomic E-state index is -5.25. The zero-order valence-corrected chi connectivity index (χ0v) is 29.7. The van der Waals surface area contributed by atoms with E-state index in [4.69, 9.17) is 119 Å². The van der Waals surface area contributed by atoms with Crippen molar-refractivity contribution < 1.29 is 106 Å². The molecule has 0 aliphatic rings. The minimum absolute atomic E-state index is 0. The monoisotopic (exact) mass is 990 g/mol. The van der Waals surface area contributed by atoms with Gasteiger partial charge in [0.1, 0.15) is 0 Å². The van der Waals surface area contributed by atoms with E-state index in [9.17, 15) is 0 Å². The molecule has 30 heavy (non-hydrogen) atoms.